The van der Waals surface area contributed by atoms with Crippen molar-refractivity contribution in [1.29, 1.82) is 0 Å². The molecule has 0 saturated carbocycles. The van der Waals surface area contributed by atoms with E-state index < -0.39 is 0 Å². The summed E-state index contributed by atoms with van der Waals surface area (Å²) in [4.78, 5) is 9.08. The topological polar surface area (TPSA) is 47.0 Å². The maximum atomic E-state index is 5.91. The van der Waals surface area contributed by atoms with E-state index in [-0.39, 0.29) is 11.5 Å². The van der Waals surface area contributed by atoms with E-state index in [1.807, 2.05) is 6.07 Å². The molecule has 4 nitrogen and oxygen atoms in total. The van der Waals surface area contributed by atoms with Crippen molar-refractivity contribution in [2.75, 3.05) is 11.9 Å². The minimum atomic E-state index is -0.0926. The van der Waals surface area contributed by atoms with Crippen molar-refractivity contribution in [2.45, 2.75) is 60.0 Å². The summed E-state index contributed by atoms with van der Waals surface area (Å²) in [5.41, 5.74) is -0.0926. The van der Waals surface area contributed by atoms with Gasteiger partial charge in [-0.3, -0.25) is 0 Å². The first-order valence-electron chi connectivity index (χ1n) is 7.04. The van der Waals surface area contributed by atoms with Crippen LogP contribution < -0.4 is 10.1 Å². The van der Waals surface area contributed by atoms with E-state index in [0.29, 0.717) is 11.8 Å². The van der Waals surface area contributed by atoms with Gasteiger partial charge in [0.1, 0.15) is 11.6 Å². The Morgan fingerprint density at radius 3 is 2.32 bits per heavy atom. The Bertz CT molecular complexity index is 410. The highest BCUT2D eigenvalue weighted by atomic mass is 16.5. The van der Waals surface area contributed by atoms with Gasteiger partial charge >= 0.3 is 0 Å². The molecule has 0 aliphatic carbocycles. The van der Waals surface area contributed by atoms with Crippen LogP contribution in [0.4, 0.5) is 5.82 Å². The van der Waals surface area contributed by atoms with Gasteiger partial charge in [-0.2, -0.15) is 4.98 Å². The van der Waals surface area contributed by atoms with E-state index in [1.165, 1.54) is 0 Å². The van der Waals surface area contributed by atoms with E-state index >= 15 is 0 Å². The Morgan fingerprint density at radius 1 is 1.21 bits per heavy atom. The van der Waals surface area contributed by atoms with E-state index in [2.05, 4.69) is 63.8 Å². The molecule has 1 rings (SSSR count). The van der Waals surface area contributed by atoms with Crippen LogP contribution in [-0.2, 0) is 5.41 Å². The summed E-state index contributed by atoms with van der Waals surface area (Å²) < 4.78 is 5.91. The second kappa shape index (κ2) is 6.22. The van der Waals surface area contributed by atoms with Crippen molar-refractivity contribution in [2.24, 2.45) is 5.92 Å². The molecule has 108 valence electrons. The van der Waals surface area contributed by atoms with Crippen LogP contribution in [0.5, 0.6) is 5.88 Å². The molecule has 0 radical (unpaired) electrons. The van der Waals surface area contributed by atoms with Crippen molar-refractivity contribution >= 4 is 5.82 Å². The molecule has 0 spiro atoms. The fourth-order valence-corrected chi connectivity index (χ4v) is 1.42. The van der Waals surface area contributed by atoms with Crippen molar-refractivity contribution in [3.8, 4) is 5.88 Å². The zero-order valence-electron chi connectivity index (χ0n) is 13.2. The molecule has 1 aromatic heterocycles. The van der Waals surface area contributed by atoms with E-state index in [0.717, 1.165) is 18.2 Å². The third-order valence-corrected chi connectivity index (χ3v) is 2.98. The van der Waals surface area contributed by atoms with Gasteiger partial charge in [-0.15, -0.1) is 0 Å². The summed E-state index contributed by atoms with van der Waals surface area (Å²) >= 11 is 0. The second-order valence-corrected chi connectivity index (χ2v) is 6.26. The lowest BCUT2D eigenvalue weighted by Gasteiger charge is -2.21. The Hall–Kier alpha value is -1.32. The third-order valence-electron chi connectivity index (χ3n) is 2.98. The van der Waals surface area contributed by atoms with Crippen molar-refractivity contribution < 1.29 is 4.74 Å². The van der Waals surface area contributed by atoms with Gasteiger partial charge in [-0.05, 0) is 19.8 Å². The normalized spacial score (nSPS) is 13.5. The van der Waals surface area contributed by atoms with Gasteiger partial charge in [0.25, 0.3) is 0 Å². The van der Waals surface area contributed by atoms with Crippen LogP contribution >= 0.6 is 0 Å². The van der Waals surface area contributed by atoms with Crippen molar-refractivity contribution in [3.05, 3.63) is 11.9 Å². The molecular weight excluding hydrogens is 238 g/mol. The van der Waals surface area contributed by atoms with Crippen molar-refractivity contribution in [1.82, 2.24) is 9.97 Å². The highest BCUT2D eigenvalue weighted by Crippen LogP contribution is 2.24. The van der Waals surface area contributed by atoms with Crippen LogP contribution in [0.2, 0.25) is 0 Å². The number of anilines is 1. The Labute approximate surface area is 117 Å². The molecule has 0 aliphatic rings. The van der Waals surface area contributed by atoms with Gasteiger partial charge < -0.3 is 10.1 Å². The van der Waals surface area contributed by atoms with Gasteiger partial charge in [0, 0.05) is 18.0 Å². The lowest BCUT2D eigenvalue weighted by molar-refractivity contribution is 0.162. The molecule has 1 unspecified atom stereocenters. The molecule has 1 heterocycles. The van der Waals surface area contributed by atoms with Crippen LogP contribution in [0.1, 0.15) is 54.3 Å². The van der Waals surface area contributed by atoms with Gasteiger partial charge in [0.05, 0.1) is 6.10 Å². The molecule has 19 heavy (non-hydrogen) atoms. The predicted octanol–water partition coefficient (Wildman–Crippen LogP) is 3.63. The van der Waals surface area contributed by atoms with Crippen LogP contribution in [-0.4, -0.2) is 22.6 Å². The van der Waals surface area contributed by atoms with E-state index in [9.17, 15) is 0 Å². The van der Waals surface area contributed by atoms with Gasteiger partial charge in [0.15, 0.2) is 0 Å². The molecule has 0 amide bonds. The molecule has 1 N–H and O–H groups in total. The number of aromatic nitrogens is 2. The first kappa shape index (κ1) is 15.7. The number of nitrogens with one attached hydrogen (secondary N) is 1. The molecule has 1 atom stereocenters. The minimum Gasteiger partial charge on any atom is -0.474 e. The highest BCUT2D eigenvalue weighted by molar-refractivity contribution is 5.39. The molecule has 0 aliphatic heterocycles. The predicted molar refractivity (Wildman–Crippen MR) is 79.8 cm³/mol. The van der Waals surface area contributed by atoms with E-state index in [1.54, 1.807) is 0 Å². The van der Waals surface area contributed by atoms with Crippen LogP contribution in [0, 0.1) is 5.92 Å². The SMILES string of the molecule is CCNc1cc(OC(C)C(C)C)nc(C(C)(C)C)n1. The lowest BCUT2D eigenvalue weighted by Crippen LogP contribution is -2.22. The number of nitrogens with zero attached hydrogens (tertiary/aromatic N) is 2. The van der Waals surface area contributed by atoms with Gasteiger partial charge in [0.2, 0.25) is 5.88 Å². The van der Waals surface area contributed by atoms with Gasteiger partial charge in [-0.25, -0.2) is 4.98 Å². The van der Waals surface area contributed by atoms with Crippen LogP contribution in [0.3, 0.4) is 0 Å². The zero-order chi connectivity index (χ0) is 14.6. The maximum Gasteiger partial charge on any atom is 0.219 e. The molecular formula is C15H27N3O. The average molecular weight is 265 g/mol. The molecule has 0 bridgehead atoms. The summed E-state index contributed by atoms with van der Waals surface area (Å²) in [6, 6.07) is 1.87. The molecule has 4 heteroatoms. The Morgan fingerprint density at radius 2 is 1.84 bits per heavy atom. The number of hydrogen-bond acceptors (Lipinski definition) is 4. The van der Waals surface area contributed by atoms with Crippen molar-refractivity contribution in [3.63, 3.8) is 0 Å². The van der Waals surface area contributed by atoms with Crippen LogP contribution in [0.25, 0.3) is 0 Å². The highest BCUT2D eigenvalue weighted by Gasteiger charge is 2.20. The fourth-order valence-electron chi connectivity index (χ4n) is 1.42. The maximum absolute atomic E-state index is 5.91. The standard InChI is InChI=1S/C15H27N3O/c1-8-16-12-9-13(19-11(4)10(2)3)18-14(17-12)15(5,6)7/h9-11H,8H2,1-7H3,(H,16,17,18). The monoisotopic (exact) mass is 265 g/mol. The fraction of sp³-hybridized carbons (Fsp3) is 0.733. The number of rotatable bonds is 5. The average Bonchev–Trinajstić information content (AvgIpc) is 2.27. The Balaban J connectivity index is 3.06. The number of ether oxygens (including phenoxy) is 1. The molecule has 0 aromatic carbocycles. The first-order chi connectivity index (χ1) is 8.74. The smallest absolute Gasteiger partial charge is 0.219 e. The second-order valence-electron chi connectivity index (χ2n) is 6.26. The molecule has 0 fully saturated rings. The molecule has 0 saturated heterocycles. The quantitative estimate of drug-likeness (QED) is 0.883. The first-order valence-corrected chi connectivity index (χ1v) is 7.04. The Kier molecular flexibility index (Phi) is 5.15. The summed E-state index contributed by atoms with van der Waals surface area (Å²) in [6.07, 6.45) is 0.136. The van der Waals surface area contributed by atoms with E-state index in [4.69, 9.17) is 4.74 Å². The zero-order valence-corrected chi connectivity index (χ0v) is 13.2. The summed E-state index contributed by atoms with van der Waals surface area (Å²) in [7, 11) is 0. The number of hydrogen-bond donors (Lipinski definition) is 1. The molecule has 1 aromatic rings. The lowest BCUT2D eigenvalue weighted by atomic mass is 9.96. The minimum absolute atomic E-state index is 0.0926. The van der Waals surface area contributed by atoms with Crippen LogP contribution in [0.15, 0.2) is 6.07 Å². The summed E-state index contributed by atoms with van der Waals surface area (Å²) in [6.45, 7) is 15.5. The largest absolute Gasteiger partial charge is 0.474 e. The summed E-state index contributed by atoms with van der Waals surface area (Å²) in [5.74, 6) is 2.73. The summed E-state index contributed by atoms with van der Waals surface area (Å²) in [5, 5.41) is 3.23. The third kappa shape index (κ3) is 4.69. The van der Waals surface area contributed by atoms with Gasteiger partial charge in [-0.1, -0.05) is 34.6 Å².